The van der Waals surface area contributed by atoms with E-state index in [4.69, 9.17) is 16.3 Å². The second-order valence-corrected chi connectivity index (χ2v) is 5.17. The first-order valence-electron chi connectivity index (χ1n) is 6.59. The van der Waals surface area contributed by atoms with Gasteiger partial charge in [0, 0.05) is 10.6 Å². The predicted molar refractivity (Wildman–Crippen MR) is 84.6 cm³/mol. The van der Waals surface area contributed by atoms with Gasteiger partial charge in [0.2, 0.25) is 6.41 Å². The molecule has 0 aliphatic carbocycles. The molecule has 0 spiro atoms. The van der Waals surface area contributed by atoms with Crippen LogP contribution in [-0.4, -0.2) is 13.5 Å². The van der Waals surface area contributed by atoms with Crippen molar-refractivity contribution in [1.29, 1.82) is 0 Å². The summed E-state index contributed by atoms with van der Waals surface area (Å²) in [6.45, 7) is 0. The van der Waals surface area contributed by atoms with Gasteiger partial charge in [0.05, 0.1) is 18.8 Å². The van der Waals surface area contributed by atoms with Crippen molar-refractivity contribution in [2.24, 2.45) is 0 Å². The number of hydrogen-bond acceptors (Lipinski definition) is 2. The van der Waals surface area contributed by atoms with Gasteiger partial charge in [-0.2, -0.15) is 0 Å². The molecule has 0 saturated carbocycles. The molecule has 0 saturated heterocycles. The van der Waals surface area contributed by atoms with Gasteiger partial charge in [0.25, 0.3) is 0 Å². The molecule has 3 nitrogen and oxygen atoms in total. The number of amides is 1. The summed E-state index contributed by atoms with van der Waals surface area (Å²) in [4.78, 5) is 13.2. The van der Waals surface area contributed by atoms with Crippen LogP contribution in [0.3, 0.4) is 0 Å². The minimum absolute atomic E-state index is 0.212. The minimum atomic E-state index is -0.212. The molecular weight excluding hydrogens is 286 g/mol. The number of anilines is 1. The van der Waals surface area contributed by atoms with Gasteiger partial charge in [-0.15, -0.1) is 0 Å². The third-order valence-corrected chi connectivity index (χ3v) is 3.94. The highest BCUT2D eigenvalue weighted by Crippen LogP contribution is 2.41. The van der Waals surface area contributed by atoms with E-state index in [2.05, 4.69) is 0 Å². The molecule has 3 rings (SSSR count). The number of rotatable bonds is 3. The Bertz CT molecular complexity index is 694. The normalized spacial score (nSPS) is 17.0. The van der Waals surface area contributed by atoms with Crippen molar-refractivity contribution in [2.75, 3.05) is 12.0 Å². The molecule has 1 unspecified atom stereocenters. The van der Waals surface area contributed by atoms with Gasteiger partial charge in [-0.1, -0.05) is 41.9 Å². The molecule has 0 aromatic heterocycles. The van der Waals surface area contributed by atoms with E-state index in [-0.39, 0.29) is 6.04 Å². The van der Waals surface area contributed by atoms with Gasteiger partial charge >= 0.3 is 0 Å². The van der Waals surface area contributed by atoms with Crippen molar-refractivity contribution in [3.63, 3.8) is 0 Å². The van der Waals surface area contributed by atoms with E-state index < -0.39 is 0 Å². The third kappa shape index (κ3) is 2.41. The number of para-hydroxylation sites is 1. The molecule has 1 aliphatic rings. The number of carbonyl (C=O) groups is 1. The van der Waals surface area contributed by atoms with Gasteiger partial charge < -0.3 is 9.64 Å². The Balaban J connectivity index is 2.06. The average Bonchev–Trinajstić information content (AvgIpc) is 2.55. The summed E-state index contributed by atoms with van der Waals surface area (Å²) in [5, 5.41) is 0.657. The Morgan fingerprint density at radius 2 is 1.86 bits per heavy atom. The van der Waals surface area contributed by atoms with Crippen molar-refractivity contribution in [2.45, 2.75) is 6.04 Å². The van der Waals surface area contributed by atoms with Crippen LogP contribution >= 0.6 is 11.6 Å². The largest absolute Gasteiger partial charge is 0.497 e. The zero-order valence-corrected chi connectivity index (χ0v) is 12.2. The highest BCUT2D eigenvalue weighted by atomic mass is 35.5. The lowest BCUT2D eigenvalue weighted by atomic mass is 9.97. The van der Waals surface area contributed by atoms with Gasteiger partial charge in [-0.3, -0.25) is 4.79 Å². The van der Waals surface area contributed by atoms with E-state index in [1.807, 2.05) is 54.6 Å². The van der Waals surface area contributed by atoms with E-state index in [1.54, 1.807) is 12.0 Å². The van der Waals surface area contributed by atoms with E-state index >= 15 is 0 Å². The summed E-state index contributed by atoms with van der Waals surface area (Å²) in [7, 11) is 1.63. The van der Waals surface area contributed by atoms with E-state index in [1.165, 1.54) is 0 Å². The number of hydrogen-bond donors (Lipinski definition) is 0. The molecule has 0 fully saturated rings. The number of benzene rings is 2. The maximum absolute atomic E-state index is 11.6. The van der Waals surface area contributed by atoms with Gasteiger partial charge in [-0.25, -0.2) is 0 Å². The molecule has 106 valence electrons. The lowest BCUT2D eigenvalue weighted by Crippen LogP contribution is -2.29. The van der Waals surface area contributed by atoms with Gasteiger partial charge in [-0.05, 0) is 29.8 Å². The van der Waals surface area contributed by atoms with Crippen LogP contribution in [0.2, 0.25) is 0 Å². The first-order chi connectivity index (χ1) is 10.2. The van der Waals surface area contributed by atoms with Crippen LogP contribution in [-0.2, 0) is 4.79 Å². The van der Waals surface area contributed by atoms with Crippen LogP contribution in [0.4, 0.5) is 5.69 Å². The summed E-state index contributed by atoms with van der Waals surface area (Å²) >= 11 is 6.37. The Kier molecular flexibility index (Phi) is 3.67. The van der Waals surface area contributed by atoms with Crippen LogP contribution in [0.25, 0.3) is 5.03 Å². The predicted octanol–water partition coefficient (Wildman–Crippen LogP) is 3.99. The Morgan fingerprint density at radius 1 is 1.14 bits per heavy atom. The molecule has 1 aliphatic heterocycles. The second-order valence-electron chi connectivity index (χ2n) is 4.76. The van der Waals surface area contributed by atoms with Crippen molar-refractivity contribution in [3.05, 3.63) is 65.7 Å². The molecule has 1 heterocycles. The molecule has 4 heteroatoms. The Hall–Kier alpha value is -2.26. The second kappa shape index (κ2) is 5.62. The summed E-state index contributed by atoms with van der Waals surface area (Å²) in [6.07, 6.45) is 2.73. The lowest BCUT2D eigenvalue weighted by Gasteiger charge is -2.32. The first kappa shape index (κ1) is 13.7. The lowest BCUT2D eigenvalue weighted by molar-refractivity contribution is -0.107. The van der Waals surface area contributed by atoms with E-state index in [0.717, 1.165) is 29.0 Å². The highest BCUT2D eigenvalue weighted by molar-refractivity contribution is 6.49. The fourth-order valence-electron chi connectivity index (χ4n) is 2.54. The van der Waals surface area contributed by atoms with E-state index in [0.29, 0.717) is 5.03 Å². The smallest absolute Gasteiger partial charge is 0.214 e. The Morgan fingerprint density at radius 3 is 2.52 bits per heavy atom. The maximum atomic E-state index is 11.6. The van der Waals surface area contributed by atoms with Crippen LogP contribution in [0.1, 0.15) is 17.2 Å². The number of nitrogens with zero attached hydrogens (tertiary/aromatic N) is 1. The van der Waals surface area contributed by atoms with Crippen molar-refractivity contribution >= 4 is 28.7 Å². The monoisotopic (exact) mass is 299 g/mol. The number of carbonyl (C=O) groups excluding carboxylic acids is 1. The molecule has 2 aromatic carbocycles. The maximum Gasteiger partial charge on any atom is 0.214 e. The van der Waals surface area contributed by atoms with Crippen LogP contribution in [0.5, 0.6) is 5.75 Å². The fraction of sp³-hybridized carbons (Fsp3) is 0.118. The standard InChI is InChI=1S/C17H14ClNO2/c1-21-13-8-6-12(7-9-13)17-10-15(18)14-4-2-3-5-16(14)19(17)11-20/h2-11,17H,1H3. The van der Waals surface area contributed by atoms with Crippen LogP contribution < -0.4 is 9.64 Å². The van der Waals surface area contributed by atoms with Crippen molar-refractivity contribution in [1.82, 2.24) is 0 Å². The molecule has 1 amide bonds. The Labute approximate surface area is 128 Å². The number of methoxy groups -OCH3 is 1. The number of fused-ring (bicyclic) bond motifs is 1. The van der Waals surface area contributed by atoms with E-state index in [9.17, 15) is 4.79 Å². The van der Waals surface area contributed by atoms with Crippen molar-refractivity contribution in [3.8, 4) is 5.75 Å². The quantitative estimate of drug-likeness (QED) is 0.802. The minimum Gasteiger partial charge on any atom is -0.497 e. The zero-order chi connectivity index (χ0) is 14.8. The zero-order valence-electron chi connectivity index (χ0n) is 11.5. The SMILES string of the molecule is COc1ccc(C2C=C(Cl)c3ccccc3N2C=O)cc1. The molecular formula is C17H14ClNO2. The number of ether oxygens (including phenoxy) is 1. The first-order valence-corrected chi connectivity index (χ1v) is 6.96. The summed E-state index contributed by atoms with van der Waals surface area (Å²) in [6, 6.07) is 15.0. The topological polar surface area (TPSA) is 29.5 Å². The van der Waals surface area contributed by atoms with Gasteiger partial charge in [0.1, 0.15) is 5.75 Å². The third-order valence-electron chi connectivity index (χ3n) is 3.61. The highest BCUT2D eigenvalue weighted by Gasteiger charge is 2.26. The van der Waals surface area contributed by atoms with Crippen LogP contribution in [0, 0.1) is 0 Å². The summed E-state index contributed by atoms with van der Waals surface area (Å²) in [5.74, 6) is 0.780. The fourth-order valence-corrected chi connectivity index (χ4v) is 2.82. The molecule has 0 N–H and O–H groups in total. The van der Waals surface area contributed by atoms with Crippen molar-refractivity contribution < 1.29 is 9.53 Å². The summed E-state index contributed by atoms with van der Waals surface area (Å²) in [5.41, 5.74) is 2.67. The molecule has 1 atom stereocenters. The summed E-state index contributed by atoms with van der Waals surface area (Å²) < 4.78 is 5.16. The molecule has 0 radical (unpaired) electrons. The van der Waals surface area contributed by atoms with Gasteiger partial charge in [0.15, 0.2) is 0 Å². The number of halogens is 1. The molecule has 21 heavy (non-hydrogen) atoms. The molecule has 0 bridgehead atoms. The average molecular weight is 300 g/mol. The molecule has 2 aromatic rings. The van der Waals surface area contributed by atoms with Crippen LogP contribution in [0.15, 0.2) is 54.6 Å².